The number of carbonyl (C=O) groups excluding carboxylic acids is 3. The summed E-state index contributed by atoms with van der Waals surface area (Å²) in [7, 11) is 0. The minimum absolute atomic E-state index is 0.111. The molecule has 2 aliphatic heterocycles. The number of nitrogens with zero attached hydrogens (tertiary/aromatic N) is 1. The van der Waals surface area contributed by atoms with Crippen LogP contribution < -0.4 is 5.73 Å². The van der Waals surface area contributed by atoms with Gasteiger partial charge in [-0.2, -0.15) is 0 Å². The highest BCUT2D eigenvalue weighted by atomic mass is 32.1. The summed E-state index contributed by atoms with van der Waals surface area (Å²) in [5, 5.41) is 12.4. The predicted octanol–water partition coefficient (Wildman–Crippen LogP) is 6.53. The summed E-state index contributed by atoms with van der Waals surface area (Å²) in [4.78, 5) is 45.7. The standard InChI is InChI=1S/C36H52N2O7S/c1-7-12-25-33(41)22(2)13-11-17-36(6)30(45-36)20-27(24-15-16-28-26(19-24)38-23(3)46-28)43-32(40)21-29(35(4,5)34(25)42)44-31(39)14-9-8-10-18-37/h7,15-16,19,22,25,27,29-30,33,41H,1,8-14,17-18,20-21,37H2,2-6H3/t22-,25?,27-,29-,30-,33-,36+/m0/s1. The van der Waals surface area contributed by atoms with Crippen molar-refractivity contribution < 1.29 is 33.7 Å². The van der Waals surface area contributed by atoms with Crippen LogP contribution >= 0.6 is 11.3 Å². The van der Waals surface area contributed by atoms with Crippen molar-refractivity contribution in [2.75, 3.05) is 6.54 Å². The van der Waals surface area contributed by atoms with E-state index in [-0.39, 0.29) is 42.7 Å². The number of epoxide rings is 1. The lowest BCUT2D eigenvalue weighted by Crippen LogP contribution is -2.48. The highest BCUT2D eigenvalue weighted by Crippen LogP contribution is 2.47. The van der Waals surface area contributed by atoms with Crippen LogP contribution in [-0.4, -0.2) is 58.3 Å². The maximum absolute atomic E-state index is 14.2. The van der Waals surface area contributed by atoms with Crippen molar-refractivity contribution in [3.63, 3.8) is 0 Å². The number of benzene rings is 1. The van der Waals surface area contributed by atoms with Crippen LogP contribution in [-0.2, 0) is 28.6 Å². The molecule has 1 aromatic heterocycles. The number of fused-ring (bicyclic) bond motifs is 2. The Morgan fingerprint density at radius 1 is 1.24 bits per heavy atom. The lowest BCUT2D eigenvalue weighted by atomic mass is 9.71. The van der Waals surface area contributed by atoms with Crippen LogP contribution in [0.2, 0.25) is 0 Å². The fourth-order valence-corrected chi connectivity index (χ4v) is 7.49. The molecular formula is C36H52N2O7S. The first-order valence-corrected chi connectivity index (χ1v) is 17.6. The van der Waals surface area contributed by atoms with E-state index in [4.69, 9.17) is 19.9 Å². The topological polar surface area (TPSA) is 141 Å². The number of cyclic esters (lactones) is 1. The number of ether oxygens (including phenoxy) is 3. The van der Waals surface area contributed by atoms with Crippen molar-refractivity contribution in [2.45, 2.75) is 129 Å². The lowest BCUT2D eigenvalue weighted by Gasteiger charge is -2.37. The molecule has 0 bridgehead atoms. The fraction of sp³-hybridized carbons (Fsp3) is 0.667. The number of ketones is 1. The second-order valence-corrected chi connectivity index (χ2v) is 15.2. The Morgan fingerprint density at radius 2 is 2.00 bits per heavy atom. The van der Waals surface area contributed by atoms with Crippen LogP contribution in [0, 0.1) is 24.2 Å². The van der Waals surface area contributed by atoms with E-state index in [1.165, 1.54) is 0 Å². The van der Waals surface area contributed by atoms with Crippen molar-refractivity contribution in [3.05, 3.63) is 41.4 Å². The molecule has 2 aliphatic rings. The molecule has 0 spiro atoms. The monoisotopic (exact) mass is 656 g/mol. The number of allylic oxidation sites excluding steroid dienone is 1. The maximum Gasteiger partial charge on any atom is 0.310 e. The Kier molecular flexibility index (Phi) is 12.2. The number of aliphatic hydroxyl groups excluding tert-OH is 1. The summed E-state index contributed by atoms with van der Waals surface area (Å²) in [6.45, 7) is 13.7. The molecule has 3 N–H and O–H groups in total. The number of esters is 2. The largest absolute Gasteiger partial charge is 0.461 e. The summed E-state index contributed by atoms with van der Waals surface area (Å²) in [6.07, 6.45) is 3.94. The Bertz CT molecular complexity index is 1390. The minimum atomic E-state index is -1.29. The number of nitrogens with two attached hydrogens (primary N) is 1. The van der Waals surface area contributed by atoms with Gasteiger partial charge in [0.2, 0.25) is 0 Å². The molecule has 3 heterocycles. The van der Waals surface area contributed by atoms with Gasteiger partial charge in [0.05, 0.1) is 44.9 Å². The molecule has 2 fully saturated rings. The highest BCUT2D eigenvalue weighted by molar-refractivity contribution is 7.18. The molecule has 9 nitrogen and oxygen atoms in total. The van der Waals surface area contributed by atoms with Crippen molar-refractivity contribution in [3.8, 4) is 0 Å². The number of hydrogen-bond acceptors (Lipinski definition) is 10. The minimum Gasteiger partial charge on any atom is -0.461 e. The molecule has 0 aliphatic carbocycles. The number of aliphatic hydroxyl groups is 1. The molecular weight excluding hydrogens is 604 g/mol. The van der Waals surface area contributed by atoms with Crippen LogP contribution in [0.25, 0.3) is 10.2 Å². The summed E-state index contributed by atoms with van der Waals surface area (Å²) < 4.78 is 19.4. The van der Waals surface area contributed by atoms with Crippen LogP contribution in [0.4, 0.5) is 0 Å². The number of carbonyl (C=O) groups is 3. The fourth-order valence-electron chi connectivity index (χ4n) is 6.69. The van der Waals surface area contributed by atoms with E-state index in [2.05, 4.69) is 18.5 Å². The highest BCUT2D eigenvalue weighted by Gasteiger charge is 2.53. The maximum atomic E-state index is 14.2. The third-order valence-corrected chi connectivity index (χ3v) is 10.8. The van der Waals surface area contributed by atoms with Crippen LogP contribution in [0.15, 0.2) is 30.9 Å². The number of aryl methyl sites for hydroxylation is 1. The summed E-state index contributed by atoms with van der Waals surface area (Å²) in [6, 6.07) is 5.92. The van der Waals surface area contributed by atoms with Gasteiger partial charge in [-0.3, -0.25) is 14.4 Å². The van der Waals surface area contributed by atoms with E-state index in [1.807, 2.05) is 32.0 Å². The molecule has 46 heavy (non-hydrogen) atoms. The van der Waals surface area contributed by atoms with E-state index in [0.717, 1.165) is 46.5 Å². The number of aromatic nitrogens is 1. The van der Waals surface area contributed by atoms with Crippen molar-refractivity contribution >= 4 is 39.3 Å². The summed E-state index contributed by atoms with van der Waals surface area (Å²) in [5.41, 5.74) is 5.60. The van der Waals surface area contributed by atoms with Gasteiger partial charge < -0.3 is 25.1 Å². The van der Waals surface area contributed by atoms with Gasteiger partial charge in [0.1, 0.15) is 18.0 Å². The third kappa shape index (κ3) is 8.82. The van der Waals surface area contributed by atoms with Crippen molar-refractivity contribution in [2.24, 2.45) is 23.0 Å². The second-order valence-electron chi connectivity index (χ2n) is 14.0. The van der Waals surface area contributed by atoms with Gasteiger partial charge in [0, 0.05) is 18.8 Å². The van der Waals surface area contributed by atoms with Gasteiger partial charge in [0.15, 0.2) is 0 Å². The SMILES string of the molecule is C=CCC1C(=O)C(C)(C)[C@@H](OC(=O)CCCCCN)CC(=O)O[C@H](c2ccc3sc(C)nc3c2)C[C@@H]2O[C@]2(C)CCC[C@H](C)[C@@H]1O. The van der Waals surface area contributed by atoms with Crippen LogP contribution in [0.1, 0.15) is 109 Å². The van der Waals surface area contributed by atoms with Gasteiger partial charge >= 0.3 is 11.9 Å². The van der Waals surface area contributed by atoms with E-state index in [0.29, 0.717) is 25.8 Å². The molecule has 7 atom stereocenters. The zero-order valence-electron chi connectivity index (χ0n) is 28.1. The number of Topliss-reactive ketones (excluding diaryl/α,β-unsaturated/α-hetero) is 1. The van der Waals surface area contributed by atoms with E-state index < -0.39 is 41.6 Å². The zero-order chi connectivity index (χ0) is 33.6. The average molecular weight is 657 g/mol. The molecule has 2 aromatic rings. The van der Waals surface area contributed by atoms with Gasteiger partial charge in [0.25, 0.3) is 0 Å². The van der Waals surface area contributed by atoms with E-state index >= 15 is 0 Å². The quantitative estimate of drug-likeness (QED) is 0.133. The van der Waals surface area contributed by atoms with E-state index in [1.54, 1.807) is 31.3 Å². The molecule has 0 amide bonds. The van der Waals surface area contributed by atoms with Crippen molar-refractivity contribution in [1.82, 2.24) is 4.98 Å². The normalized spacial score (nSPS) is 30.8. The van der Waals surface area contributed by atoms with Gasteiger partial charge in [-0.25, -0.2) is 4.98 Å². The first-order chi connectivity index (χ1) is 21.8. The molecule has 1 unspecified atom stereocenters. The first-order valence-electron chi connectivity index (χ1n) is 16.8. The molecule has 0 radical (unpaired) electrons. The van der Waals surface area contributed by atoms with Gasteiger partial charge in [-0.05, 0) is 90.0 Å². The second kappa shape index (κ2) is 15.5. The Balaban J connectivity index is 1.67. The van der Waals surface area contributed by atoms with E-state index in [9.17, 15) is 19.5 Å². The van der Waals surface area contributed by atoms with Crippen molar-refractivity contribution in [1.29, 1.82) is 0 Å². The molecule has 2 saturated heterocycles. The predicted molar refractivity (Wildman–Crippen MR) is 179 cm³/mol. The molecule has 10 heteroatoms. The number of thiazole rings is 1. The molecule has 0 saturated carbocycles. The number of unbranched alkanes of at least 4 members (excludes halogenated alkanes) is 2. The molecule has 4 rings (SSSR count). The molecule has 1 aromatic carbocycles. The first kappa shape index (κ1) is 36.2. The summed E-state index contributed by atoms with van der Waals surface area (Å²) in [5.74, 6) is -2.26. The summed E-state index contributed by atoms with van der Waals surface area (Å²) >= 11 is 1.61. The Morgan fingerprint density at radius 3 is 2.72 bits per heavy atom. The smallest absolute Gasteiger partial charge is 0.310 e. The number of hydrogen-bond donors (Lipinski definition) is 2. The Labute approximate surface area is 277 Å². The third-order valence-electron chi connectivity index (χ3n) is 9.86. The van der Waals surface area contributed by atoms with Crippen LogP contribution in [0.5, 0.6) is 0 Å². The molecule has 254 valence electrons. The Hall–Kier alpha value is -2.66. The zero-order valence-corrected chi connectivity index (χ0v) is 28.9. The lowest BCUT2D eigenvalue weighted by molar-refractivity contribution is -0.168. The van der Waals surface area contributed by atoms with Gasteiger partial charge in [-0.1, -0.05) is 31.9 Å². The van der Waals surface area contributed by atoms with Crippen LogP contribution in [0.3, 0.4) is 0 Å². The number of rotatable bonds is 9. The average Bonchev–Trinajstić information content (AvgIpc) is 3.47. The van der Waals surface area contributed by atoms with Gasteiger partial charge in [-0.15, -0.1) is 17.9 Å².